The van der Waals surface area contributed by atoms with Crippen molar-refractivity contribution in [2.75, 3.05) is 19.7 Å². The number of benzene rings is 1. The molecule has 2 aromatic heterocycles. The zero-order valence-corrected chi connectivity index (χ0v) is 14.2. The molecule has 0 aliphatic carbocycles. The smallest absolute Gasteiger partial charge is 0.370 e. The number of rotatable bonds is 2. The molecule has 8 heteroatoms. The SMILES string of the molecule is O=C(c1ccc2nccn2c1)N1CCOC(c2ccccc2C(F)(F)F)C1. The summed E-state index contributed by atoms with van der Waals surface area (Å²) < 4.78 is 47.2. The first-order chi connectivity index (χ1) is 12.9. The lowest BCUT2D eigenvalue weighted by molar-refractivity contribution is -0.140. The summed E-state index contributed by atoms with van der Waals surface area (Å²) in [5.74, 6) is -0.247. The number of hydrogen-bond acceptors (Lipinski definition) is 3. The van der Waals surface area contributed by atoms with Gasteiger partial charge in [0, 0.05) is 25.1 Å². The number of carbonyl (C=O) groups is 1. The minimum Gasteiger partial charge on any atom is -0.370 e. The fourth-order valence-electron chi connectivity index (χ4n) is 3.29. The molecule has 1 saturated heterocycles. The van der Waals surface area contributed by atoms with Crippen LogP contribution in [-0.2, 0) is 10.9 Å². The van der Waals surface area contributed by atoms with Crippen molar-refractivity contribution in [3.63, 3.8) is 0 Å². The van der Waals surface area contributed by atoms with Crippen molar-refractivity contribution in [1.82, 2.24) is 14.3 Å². The van der Waals surface area contributed by atoms with E-state index in [-0.39, 0.29) is 24.6 Å². The van der Waals surface area contributed by atoms with Gasteiger partial charge in [0.1, 0.15) is 11.8 Å². The van der Waals surface area contributed by atoms with E-state index in [2.05, 4.69) is 4.98 Å². The molecule has 1 atom stereocenters. The number of hydrogen-bond donors (Lipinski definition) is 0. The number of carbonyl (C=O) groups excluding carboxylic acids is 1. The molecule has 0 bridgehead atoms. The predicted molar refractivity (Wildman–Crippen MR) is 91.2 cm³/mol. The average molecular weight is 375 g/mol. The average Bonchev–Trinajstić information content (AvgIpc) is 3.14. The van der Waals surface area contributed by atoms with Gasteiger partial charge in [0.25, 0.3) is 5.91 Å². The summed E-state index contributed by atoms with van der Waals surface area (Å²) in [7, 11) is 0. The molecule has 0 saturated carbocycles. The van der Waals surface area contributed by atoms with Gasteiger partial charge in [-0.15, -0.1) is 0 Å². The van der Waals surface area contributed by atoms with E-state index in [1.807, 2.05) is 0 Å². The van der Waals surface area contributed by atoms with Gasteiger partial charge in [-0.05, 0) is 23.8 Å². The van der Waals surface area contributed by atoms with Gasteiger partial charge in [-0.2, -0.15) is 13.2 Å². The van der Waals surface area contributed by atoms with Gasteiger partial charge in [-0.1, -0.05) is 18.2 Å². The summed E-state index contributed by atoms with van der Waals surface area (Å²) in [5, 5.41) is 0. The van der Waals surface area contributed by atoms with E-state index in [0.29, 0.717) is 17.8 Å². The molecule has 3 heterocycles. The Morgan fingerprint density at radius 2 is 2.00 bits per heavy atom. The second-order valence-corrected chi connectivity index (χ2v) is 6.31. The molecule has 140 valence electrons. The fourth-order valence-corrected chi connectivity index (χ4v) is 3.29. The summed E-state index contributed by atoms with van der Waals surface area (Å²) in [4.78, 5) is 18.5. The molecule has 0 spiro atoms. The molecule has 3 aromatic rings. The summed E-state index contributed by atoms with van der Waals surface area (Å²) >= 11 is 0. The summed E-state index contributed by atoms with van der Waals surface area (Å²) in [6.45, 7) is 0.565. The fraction of sp³-hybridized carbons (Fsp3) is 0.263. The second-order valence-electron chi connectivity index (χ2n) is 6.31. The second kappa shape index (κ2) is 6.70. The topological polar surface area (TPSA) is 46.8 Å². The minimum absolute atomic E-state index is 0.0487. The molecule has 1 amide bonds. The van der Waals surface area contributed by atoms with Crippen LogP contribution in [0.15, 0.2) is 55.0 Å². The van der Waals surface area contributed by atoms with Crippen LogP contribution in [0.4, 0.5) is 13.2 Å². The van der Waals surface area contributed by atoms with Crippen molar-refractivity contribution < 1.29 is 22.7 Å². The van der Waals surface area contributed by atoms with E-state index in [1.54, 1.807) is 41.2 Å². The Kier molecular flexibility index (Phi) is 4.35. The first kappa shape index (κ1) is 17.5. The Balaban J connectivity index is 1.59. The number of aromatic nitrogens is 2. The standard InChI is InChI=1S/C19H16F3N3O2/c20-19(21,22)15-4-2-1-3-14(15)16-12-25(9-10-27-16)18(26)13-5-6-17-23-7-8-24(17)11-13/h1-8,11,16H,9-10,12H2. The van der Waals surface area contributed by atoms with Crippen LogP contribution >= 0.6 is 0 Å². The maximum Gasteiger partial charge on any atom is 0.416 e. The van der Waals surface area contributed by atoms with Crippen molar-refractivity contribution in [2.45, 2.75) is 12.3 Å². The number of alkyl halides is 3. The maximum absolute atomic E-state index is 13.3. The number of pyridine rings is 1. The van der Waals surface area contributed by atoms with Crippen LogP contribution in [0, 0.1) is 0 Å². The Morgan fingerprint density at radius 1 is 1.19 bits per heavy atom. The zero-order valence-electron chi connectivity index (χ0n) is 14.2. The van der Waals surface area contributed by atoms with Gasteiger partial charge in [0.05, 0.1) is 24.3 Å². The highest BCUT2D eigenvalue weighted by Gasteiger charge is 2.37. The van der Waals surface area contributed by atoms with E-state index in [1.165, 1.54) is 17.0 Å². The van der Waals surface area contributed by atoms with Crippen LogP contribution in [0.1, 0.15) is 27.6 Å². The van der Waals surface area contributed by atoms with Gasteiger partial charge in [-0.25, -0.2) is 4.98 Å². The lowest BCUT2D eigenvalue weighted by atomic mass is 10.0. The van der Waals surface area contributed by atoms with Crippen molar-refractivity contribution in [3.05, 3.63) is 71.7 Å². The quantitative estimate of drug-likeness (QED) is 0.688. The normalized spacial score (nSPS) is 18.0. The lowest BCUT2D eigenvalue weighted by Gasteiger charge is -2.34. The van der Waals surface area contributed by atoms with Crippen LogP contribution in [0.5, 0.6) is 0 Å². The number of imidazole rings is 1. The van der Waals surface area contributed by atoms with Crippen LogP contribution in [-0.4, -0.2) is 39.9 Å². The van der Waals surface area contributed by atoms with Gasteiger partial charge >= 0.3 is 6.18 Å². The third-order valence-electron chi connectivity index (χ3n) is 4.60. The molecule has 1 aromatic carbocycles. The van der Waals surface area contributed by atoms with Crippen molar-refractivity contribution >= 4 is 11.6 Å². The maximum atomic E-state index is 13.3. The van der Waals surface area contributed by atoms with Crippen LogP contribution in [0.25, 0.3) is 5.65 Å². The van der Waals surface area contributed by atoms with Crippen molar-refractivity contribution in [1.29, 1.82) is 0 Å². The molecule has 1 aliphatic heterocycles. The minimum atomic E-state index is -4.47. The molecule has 1 fully saturated rings. The first-order valence-corrected chi connectivity index (χ1v) is 8.43. The molecule has 1 unspecified atom stereocenters. The highest BCUT2D eigenvalue weighted by Crippen LogP contribution is 2.36. The number of ether oxygens (including phenoxy) is 1. The molecule has 4 rings (SSSR count). The largest absolute Gasteiger partial charge is 0.416 e. The molecular formula is C19H16F3N3O2. The highest BCUT2D eigenvalue weighted by atomic mass is 19.4. The molecule has 27 heavy (non-hydrogen) atoms. The molecule has 0 radical (unpaired) electrons. The van der Waals surface area contributed by atoms with Gasteiger partial charge in [-0.3, -0.25) is 4.79 Å². The molecule has 1 aliphatic rings. The van der Waals surface area contributed by atoms with Crippen LogP contribution in [0.2, 0.25) is 0 Å². The van der Waals surface area contributed by atoms with Crippen LogP contribution in [0.3, 0.4) is 0 Å². The molecular weight excluding hydrogens is 359 g/mol. The molecule has 0 N–H and O–H groups in total. The monoisotopic (exact) mass is 375 g/mol. The predicted octanol–water partition coefficient (Wildman–Crippen LogP) is 3.57. The van der Waals surface area contributed by atoms with E-state index >= 15 is 0 Å². The first-order valence-electron chi connectivity index (χ1n) is 8.43. The van der Waals surface area contributed by atoms with Gasteiger partial charge in [0.15, 0.2) is 0 Å². The summed E-state index contributed by atoms with van der Waals surface area (Å²) in [6, 6.07) is 8.72. The third kappa shape index (κ3) is 3.40. The number of morpholine rings is 1. The highest BCUT2D eigenvalue weighted by molar-refractivity contribution is 5.94. The Labute approximate surface area is 153 Å². The Hall–Kier alpha value is -2.87. The van der Waals surface area contributed by atoms with Crippen LogP contribution < -0.4 is 0 Å². The Bertz CT molecular complexity index is 983. The molecule has 5 nitrogen and oxygen atoms in total. The van der Waals surface area contributed by atoms with Crippen molar-refractivity contribution in [3.8, 4) is 0 Å². The van der Waals surface area contributed by atoms with E-state index < -0.39 is 17.8 Å². The summed E-state index contributed by atoms with van der Waals surface area (Å²) in [5.41, 5.74) is 0.479. The number of halogens is 3. The van der Waals surface area contributed by atoms with Gasteiger partial charge in [0.2, 0.25) is 0 Å². The lowest BCUT2D eigenvalue weighted by Crippen LogP contribution is -2.42. The third-order valence-corrected chi connectivity index (χ3v) is 4.60. The van der Waals surface area contributed by atoms with Gasteiger partial charge < -0.3 is 14.0 Å². The van der Waals surface area contributed by atoms with E-state index in [0.717, 1.165) is 6.07 Å². The number of amides is 1. The number of fused-ring (bicyclic) bond motifs is 1. The van der Waals surface area contributed by atoms with E-state index in [4.69, 9.17) is 4.74 Å². The summed E-state index contributed by atoms with van der Waals surface area (Å²) in [6.07, 6.45) is -0.272. The zero-order chi connectivity index (χ0) is 19.0. The van der Waals surface area contributed by atoms with Crippen molar-refractivity contribution in [2.24, 2.45) is 0 Å². The van der Waals surface area contributed by atoms with E-state index in [9.17, 15) is 18.0 Å². The number of nitrogens with zero attached hydrogens (tertiary/aromatic N) is 3. The Morgan fingerprint density at radius 3 is 2.81 bits per heavy atom.